The van der Waals surface area contributed by atoms with Crippen LogP contribution in [-0.2, 0) is 0 Å². The Morgan fingerprint density at radius 2 is 1.65 bits per heavy atom. The lowest BCUT2D eigenvalue weighted by Gasteiger charge is -2.35. The van der Waals surface area contributed by atoms with E-state index < -0.39 is 0 Å². The van der Waals surface area contributed by atoms with E-state index in [0.717, 1.165) is 44.8 Å². The maximum absolute atomic E-state index is 13.1. The van der Waals surface area contributed by atoms with Gasteiger partial charge in [-0.05, 0) is 42.8 Å². The summed E-state index contributed by atoms with van der Waals surface area (Å²) in [6.45, 7) is 4.66. The molecule has 1 saturated heterocycles. The number of fused-ring (bicyclic) bond motifs is 1. The molecule has 1 aliphatic rings. The third-order valence-electron chi connectivity index (χ3n) is 6.87. The number of halogens is 1. The van der Waals surface area contributed by atoms with Gasteiger partial charge in [0.1, 0.15) is 12.1 Å². The van der Waals surface area contributed by atoms with Crippen LogP contribution < -0.4 is 4.90 Å². The first kappa shape index (κ1) is 23.3. The first-order valence-electron chi connectivity index (χ1n) is 12.4. The van der Waals surface area contributed by atoms with Gasteiger partial charge >= 0.3 is 0 Å². The van der Waals surface area contributed by atoms with E-state index in [1.807, 2.05) is 78.6 Å². The van der Waals surface area contributed by atoms with Crippen LogP contribution in [0, 0.1) is 6.92 Å². The average molecular weight is 508 g/mol. The minimum Gasteiger partial charge on any atom is -0.352 e. The van der Waals surface area contributed by atoms with Gasteiger partial charge in [-0.2, -0.15) is 0 Å². The Bertz CT molecular complexity index is 1590. The summed E-state index contributed by atoms with van der Waals surface area (Å²) >= 11 is 6.33. The second kappa shape index (κ2) is 9.71. The number of amides is 1. The van der Waals surface area contributed by atoms with Crippen LogP contribution in [0.1, 0.15) is 15.9 Å². The molecule has 0 spiro atoms. The number of piperazine rings is 1. The van der Waals surface area contributed by atoms with E-state index in [2.05, 4.69) is 27.8 Å². The first-order chi connectivity index (χ1) is 18.1. The topological polar surface area (TPSA) is 54.3 Å². The first-order valence-corrected chi connectivity index (χ1v) is 12.7. The number of carbonyl (C=O) groups is 1. The minimum atomic E-state index is 0.0771. The number of carbonyl (C=O) groups excluding carboxylic acids is 1. The lowest BCUT2D eigenvalue weighted by molar-refractivity contribution is 0.0746. The van der Waals surface area contributed by atoms with E-state index in [1.54, 1.807) is 6.33 Å². The molecule has 0 saturated carbocycles. The summed E-state index contributed by atoms with van der Waals surface area (Å²) in [4.78, 5) is 26.7. The van der Waals surface area contributed by atoms with Gasteiger partial charge < -0.3 is 14.4 Å². The molecule has 6 rings (SSSR count). The number of hydrogen-bond donors (Lipinski definition) is 0. The van der Waals surface area contributed by atoms with Crippen LogP contribution in [0.4, 0.5) is 5.82 Å². The summed E-state index contributed by atoms with van der Waals surface area (Å²) in [7, 11) is 0. The molecule has 37 heavy (non-hydrogen) atoms. The molecule has 184 valence electrons. The third-order valence-corrected chi connectivity index (χ3v) is 7.10. The van der Waals surface area contributed by atoms with Crippen molar-refractivity contribution in [3.05, 3.63) is 108 Å². The number of aromatic nitrogens is 3. The van der Waals surface area contributed by atoms with Crippen molar-refractivity contribution in [3.8, 4) is 16.8 Å². The maximum atomic E-state index is 13.1. The van der Waals surface area contributed by atoms with E-state index in [1.165, 1.54) is 0 Å². The van der Waals surface area contributed by atoms with Gasteiger partial charge in [0.25, 0.3) is 5.91 Å². The molecule has 0 bridgehead atoms. The molecule has 0 aliphatic carbocycles. The molecule has 0 radical (unpaired) electrons. The highest BCUT2D eigenvalue weighted by atomic mass is 35.5. The summed E-state index contributed by atoms with van der Waals surface area (Å²) in [5.74, 6) is 0.959. The predicted molar refractivity (Wildman–Crippen MR) is 149 cm³/mol. The second-order valence-electron chi connectivity index (χ2n) is 9.30. The van der Waals surface area contributed by atoms with Crippen molar-refractivity contribution in [2.75, 3.05) is 31.1 Å². The van der Waals surface area contributed by atoms with Crippen LogP contribution in [0.15, 0.2) is 91.4 Å². The van der Waals surface area contributed by atoms with Crippen LogP contribution >= 0.6 is 11.6 Å². The predicted octanol–water partition coefficient (Wildman–Crippen LogP) is 6.01. The lowest BCUT2D eigenvalue weighted by Crippen LogP contribution is -2.49. The smallest absolute Gasteiger partial charge is 0.253 e. The highest BCUT2D eigenvalue weighted by Gasteiger charge is 2.26. The Balaban J connectivity index is 1.38. The largest absolute Gasteiger partial charge is 0.352 e. The van der Waals surface area contributed by atoms with Crippen molar-refractivity contribution in [2.24, 2.45) is 0 Å². The molecule has 0 atom stereocenters. The Morgan fingerprint density at radius 3 is 2.41 bits per heavy atom. The minimum absolute atomic E-state index is 0.0771. The van der Waals surface area contributed by atoms with Crippen molar-refractivity contribution in [3.63, 3.8) is 0 Å². The Kier molecular flexibility index (Phi) is 6.10. The molecule has 0 N–H and O–H groups in total. The monoisotopic (exact) mass is 507 g/mol. The van der Waals surface area contributed by atoms with Crippen molar-refractivity contribution in [2.45, 2.75) is 6.92 Å². The fraction of sp³-hybridized carbons (Fsp3) is 0.167. The van der Waals surface area contributed by atoms with Gasteiger partial charge in [-0.3, -0.25) is 4.79 Å². The molecule has 0 unspecified atom stereocenters. The van der Waals surface area contributed by atoms with Gasteiger partial charge in [-0.1, -0.05) is 65.7 Å². The molecular weight excluding hydrogens is 482 g/mol. The fourth-order valence-electron chi connectivity index (χ4n) is 5.03. The fourth-order valence-corrected chi connectivity index (χ4v) is 5.21. The zero-order valence-corrected chi connectivity index (χ0v) is 21.3. The van der Waals surface area contributed by atoms with Crippen molar-refractivity contribution >= 4 is 34.4 Å². The third kappa shape index (κ3) is 4.45. The normalized spacial score (nSPS) is 13.8. The molecule has 3 aromatic carbocycles. The number of nitrogens with zero attached hydrogens (tertiary/aromatic N) is 5. The van der Waals surface area contributed by atoms with Gasteiger partial charge in [0.2, 0.25) is 0 Å². The summed E-state index contributed by atoms with van der Waals surface area (Å²) in [6.07, 6.45) is 3.74. The lowest BCUT2D eigenvalue weighted by atomic mass is 10.1. The SMILES string of the molecule is Cc1cccc(C(=O)N2CCN(c3ncnc4c3c(-c3ccccc3)cn4-c3cccc(Cl)c3)CC2)c1. The van der Waals surface area contributed by atoms with Crippen molar-refractivity contribution in [1.82, 2.24) is 19.4 Å². The highest BCUT2D eigenvalue weighted by molar-refractivity contribution is 6.30. The molecule has 1 amide bonds. The molecule has 7 heteroatoms. The summed E-state index contributed by atoms with van der Waals surface area (Å²) < 4.78 is 2.08. The second-order valence-corrected chi connectivity index (χ2v) is 9.74. The average Bonchev–Trinajstić information content (AvgIpc) is 3.33. The molecule has 1 fully saturated rings. The molecule has 5 aromatic rings. The van der Waals surface area contributed by atoms with Crippen LogP contribution in [-0.4, -0.2) is 51.5 Å². The molecule has 1 aliphatic heterocycles. The van der Waals surface area contributed by atoms with E-state index >= 15 is 0 Å². The molecule has 3 heterocycles. The van der Waals surface area contributed by atoms with E-state index in [4.69, 9.17) is 21.6 Å². The van der Waals surface area contributed by atoms with Crippen molar-refractivity contribution in [1.29, 1.82) is 0 Å². The van der Waals surface area contributed by atoms with Gasteiger partial charge in [0, 0.05) is 54.2 Å². The van der Waals surface area contributed by atoms with Crippen LogP contribution in [0.3, 0.4) is 0 Å². The number of anilines is 1. The van der Waals surface area contributed by atoms with Crippen LogP contribution in [0.2, 0.25) is 5.02 Å². The maximum Gasteiger partial charge on any atom is 0.253 e. The number of hydrogen-bond acceptors (Lipinski definition) is 4. The quantitative estimate of drug-likeness (QED) is 0.299. The number of benzene rings is 3. The molecule has 6 nitrogen and oxygen atoms in total. The standard InChI is InChI=1S/C30H26ClN5O/c1-21-7-5-10-23(17-21)30(37)35-15-13-34(14-16-35)28-27-26(22-8-3-2-4-9-22)19-36(29(27)33-20-32-28)25-12-6-11-24(31)18-25/h2-12,17-20H,13-16H2,1H3. The van der Waals surface area contributed by atoms with E-state index in [0.29, 0.717) is 31.2 Å². The number of aryl methyl sites for hydroxylation is 1. The van der Waals surface area contributed by atoms with Gasteiger partial charge in [-0.15, -0.1) is 0 Å². The number of rotatable bonds is 4. The summed E-state index contributed by atoms with van der Waals surface area (Å²) in [5, 5.41) is 1.66. The molecule has 2 aromatic heterocycles. The Morgan fingerprint density at radius 1 is 0.865 bits per heavy atom. The zero-order valence-electron chi connectivity index (χ0n) is 20.5. The van der Waals surface area contributed by atoms with Crippen molar-refractivity contribution < 1.29 is 4.79 Å². The van der Waals surface area contributed by atoms with Crippen LogP contribution in [0.25, 0.3) is 27.8 Å². The Hall–Kier alpha value is -4.16. The summed E-state index contributed by atoms with van der Waals surface area (Å²) in [6, 6.07) is 25.9. The van der Waals surface area contributed by atoms with Gasteiger partial charge in [-0.25, -0.2) is 9.97 Å². The van der Waals surface area contributed by atoms with E-state index in [-0.39, 0.29) is 5.91 Å². The Labute approximate surface area is 220 Å². The zero-order chi connectivity index (χ0) is 25.4. The van der Waals surface area contributed by atoms with E-state index in [9.17, 15) is 4.79 Å². The van der Waals surface area contributed by atoms with Gasteiger partial charge in [0.05, 0.1) is 5.39 Å². The van der Waals surface area contributed by atoms with Gasteiger partial charge in [0.15, 0.2) is 5.65 Å². The highest BCUT2D eigenvalue weighted by Crippen LogP contribution is 2.37. The molecular formula is C30H26ClN5O. The summed E-state index contributed by atoms with van der Waals surface area (Å²) in [5.41, 5.74) is 5.75. The van der Waals surface area contributed by atoms with Crippen LogP contribution in [0.5, 0.6) is 0 Å².